The van der Waals surface area contributed by atoms with E-state index in [1.807, 2.05) is 0 Å². The van der Waals surface area contributed by atoms with Crippen LogP contribution in [0.5, 0.6) is 0 Å². The molecule has 0 radical (unpaired) electrons. The number of carbonyl (C=O) groups is 1. The van der Waals surface area contributed by atoms with E-state index in [1.165, 1.54) is 0 Å². The van der Waals surface area contributed by atoms with Gasteiger partial charge in [0.1, 0.15) is 6.16 Å². The van der Waals surface area contributed by atoms with Crippen molar-refractivity contribution < 1.29 is 19.1 Å². The van der Waals surface area contributed by atoms with Gasteiger partial charge in [-0.05, 0) is 26.3 Å². The second-order valence-electron chi connectivity index (χ2n) is 2.87. The van der Waals surface area contributed by atoms with E-state index in [0.717, 1.165) is 5.57 Å². The van der Waals surface area contributed by atoms with Gasteiger partial charge >= 0.3 is 7.60 Å². The molecule has 0 saturated carbocycles. The highest BCUT2D eigenvalue weighted by atomic mass is 31.2. The number of carbonyl (C=O) groups excluding carboxylic acids is 1. The first-order chi connectivity index (χ1) is 5.24. The van der Waals surface area contributed by atoms with Crippen LogP contribution in [0.25, 0.3) is 0 Å². The molecule has 0 bridgehead atoms. The van der Waals surface area contributed by atoms with E-state index in [4.69, 9.17) is 9.79 Å². The Balaban J connectivity index is 4.47. The Morgan fingerprint density at radius 3 is 1.92 bits per heavy atom. The van der Waals surface area contributed by atoms with Crippen molar-refractivity contribution in [2.75, 3.05) is 6.16 Å². The Kier molecular flexibility index (Phi) is 3.84. The van der Waals surface area contributed by atoms with E-state index >= 15 is 0 Å². The van der Waals surface area contributed by atoms with Gasteiger partial charge in [0.2, 0.25) is 0 Å². The molecule has 12 heavy (non-hydrogen) atoms. The molecule has 0 amide bonds. The lowest BCUT2D eigenvalue weighted by Gasteiger charge is -2.04. The van der Waals surface area contributed by atoms with Gasteiger partial charge in [-0.3, -0.25) is 9.36 Å². The van der Waals surface area contributed by atoms with Gasteiger partial charge in [-0.1, -0.05) is 5.57 Å². The minimum Gasteiger partial charge on any atom is -0.324 e. The second-order valence-corrected chi connectivity index (χ2v) is 4.52. The van der Waals surface area contributed by atoms with E-state index in [0.29, 0.717) is 5.57 Å². The number of hydrogen-bond donors (Lipinski definition) is 2. The largest absolute Gasteiger partial charge is 0.333 e. The monoisotopic (exact) mass is 192 g/mol. The fourth-order valence-electron chi connectivity index (χ4n) is 0.584. The zero-order chi connectivity index (χ0) is 9.94. The average molecular weight is 192 g/mol. The van der Waals surface area contributed by atoms with Gasteiger partial charge in [0.05, 0.1) is 0 Å². The molecule has 5 heteroatoms. The summed E-state index contributed by atoms with van der Waals surface area (Å²) in [6.45, 7) is 5.02. The third-order valence-corrected chi connectivity index (χ3v) is 2.22. The highest BCUT2D eigenvalue weighted by molar-refractivity contribution is 7.52. The Labute approximate surface area is 71.5 Å². The molecule has 0 heterocycles. The summed E-state index contributed by atoms with van der Waals surface area (Å²) in [5.74, 6) is -0.483. The minimum atomic E-state index is -4.20. The van der Waals surface area contributed by atoms with Crippen molar-refractivity contribution in [1.82, 2.24) is 0 Å². The van der Waals surface area contributed by atoms with Crippen LogP contribution >= 0.6 is 7.60 Å². The van der Waals surface area contributed by atoms with Crippen LogP contribution in [0, 0.1) is 0 Å². The minimum absolute atomic E-state index is 0.429. The predicted molar refractivity (Wildman–Crippen MR) is 46.0 cm³/mol. The molecule has 0 aromatic rings. The van der Waals surface area contributed by atoms with Crippen molar-refractivity contribution in [2.45, 2.75) is 20.8 Å². The standard InChI is InChI=1S/C7H13O4P/c1-5(2)6(3)7(8)4-12(9,10)11/h4H2,1-3H3,(H2,9,10,11). The van der Waals surface area contributed by atoms with Gasteiger partial charge in [0.15, 0.2) is 5.78 Å². The molecule has 4 nitrogen and oxygen atoms in total. The summed E-state index contributed by atoms with van der Waals surface area (Å²) in [5.41, 5.74) is 1.21. The molecule has 70 valence electrons. The van der Waals surface area contributed by atoms with Crippen LogP contribution in [0.15, 0.2) is 11.1 Å². The normalized spacial score (nSPS) is 11.1. The zero-order valence-corrected chi connectivity index (χ0v) is 8.26. The molecule has 0 saturated heterocycles. The molecule has 0 aliphatic rings. The van der Waals surface area contributed by atoms with Crippen molar-refractivity contribution in [3.8, 4) is 0 Å². The summed E-state index contributed by atoms with van der Waals surface area (Å²) in [5, 5.41) is 0. The van der Waals surface area contributed by atoms with Crippen molar-refractivity contribution in [3.05, 3.63) is 11.1 Å². The third-order valence-electron chi connectivity index (χ3n) is 1.52. The summed E-state index contributed by atoms with van der Waals surface area (Å²) in [7, 11) is -4.20. The predicted octanol–water partition coefficient (Wildman–Crippen LogP) is 1.09. The van der Waals surface area contributed by atoms with E-state index < -0.39 is 19.5 Å². The van der Waals surface area contributed by atoms with Crippen LogP contribution in [0.1, 0.15) is 20.8 Å². The van der Waals surface area contributed by atoms with Gasteiger partial charge < -0.3 is 9.79 Å². The van der Waals surface area contributed by atoms with Gasteiger partial charge in [-0.2, -0.15) is 0 Å². The number of ketones is 1. The Morgan fingerprint density at radius 1 is 1.25 bits per heavy atom. The van der Waals surface area contributed by atoms with Gasteiger partial charge in [0, 0.05) is 0 Å². The fourth-order valence-corrected chi connectivity index (χ4v) is 1.20. The number of allylic oxidation sites excluding steroid dienone is 2. The summed E-state index contributed by atoms with van der Waals surface area (Å²) in [4.78, 5) is 28.0. The van der Waals surface area contributed by atoms with Crippen LogP contribution < -0.4 is 0 Å². The van der Waals surface area contributed by atoms with Gasteiger partial charge in [0.25, 0.3) is 0 Å². The lowest BCUT2D eigenvalue weighted by Crippen LogP contribution is -2.07. The molecule has 0 atom stereocenters. The highest BCUT2D eigenvalue weighted by Crippen LogP contribution is 2.34. The first-order valence-electron chi connectivity index (χ1n) is 3.46. The van der Waals surface area contributed by atoms with Crippen molar-refractivity contribution in [2.24, 2.45) is 0 Å². The number of Topliss-reactive ketones (excluding diaryl/α,β-unsaturated/α-hetero) is 1. The van der Waals surface area contributed by atoms with Crippen molar-refractivity contribution >= 4 is 13.4 Å². The number of hydrogen-bond acceptors (Lipinski definition) is 2. The maximum Gasteiger partial charge on any atom is 0.333 e. The Bertz CT molecular complexity index is 257. The molecule has 0 fully saturated rings. The number of rotatable bonds is 3. The van der Waals surface area contributed by atoms with Crippen LogP contribution in [-0.2, 0) is 9.36 Å². The van der Waals surface area contributed by atoms with Crippen LogP contribution in [-0.4, -0.2) is 21.7 Å². The van der Waals surface area contributed by atoms with E-state index in [9.17, 15) is 9.36 Å². The summed E-state index contributed by atoms with van der Waals surface area (Å²) in [6, 6.07) is 0. The van der Waals surface area contributed by atoms with E-state index in [-0.39, 0.29) is 0 Å². The Morgan fingerprint density at radius 2 is 1.67 bits per heavy atom. The summed E-state index contributed by atoms with van der Waals surface area (Å²) in [6.07, 6.45) is -0.690. The maximum absolute atomic E-state index is 11.1. The zero-order valence-electron chi connectivity index (χ0n) is 7.37. The molecule has 0 aliphatic heterocycles. The smallest absolute Gasteiger partial charge is 0.324 e. The third kappa shape index (κ3) is 4.44. The molecule has 0 aromatic heterocycles. The van der Waals surface area contributed by atoms with Crippen molar-refractivity contribution in [1.29, 1.82) is 0 Å². The Hall–Kier alpha value is -0.440. The van der Waals surface area contributed by atoms with Crippen LogP contribution in [0.4, 0.5) is 0 Å². The average Bonchev–Trinajstić information content (AvgIpc) is 1.82. The quantitative estimate of drug-likeness (QED) is 0.518. The highest BCUT2D eigenvalue weighted by Gasteiger charge is 2.20. The summed E-state index contributed by atoms with van der Waals surface area (Å²) < 4.78 is 10.4. The summed E-state index contributed by atoms with van der Waals surface area (Å²) >= 11 is 0. The molecular weight excluding hydrogens is 179 g/mol. The topological polar surface area (TPSA) is 74.6 Å². The van der Waals surface area contributed by atoms with Gasteiger partial charge in [-0.15, -0.1) is 0 Å². The van der Waals surface area contributed by atoms with Crippen LogP contribution in [0.2, 0.25) is 0 Å². The van der Waals surface area contributed by atoms with Gasteiger partial charge in [-0.25, -0.2) is 0 Å². The van der Waals surface area contributed by atoms with Crippen molar-refractivity contribution in [3.63, 3.8) is 0 Å². The second kappa shape index (κ2) is 3.99. The molecular formula is C7H13O4P. The SMILES string of the molecule is CC(C)=C(C)C(=O)CP(=O)(O)O. The molecule has 0 rings (SSSR count). The van der Waals surface area contributed by atoms with E-state index in [1.54, 1.807) is 20.8 Å². The van der Waals surface area contributed by atoms with Crippen LogP contribution in [0.3, 0.4) is 0 Å². The molecule has 0 aliphatic carbocycles. The first-order valence-corrected chi connectivity index (χ1v) is 5.25. The molecule has 0 unspecified atom stereocenters. The lowest BCUT2D eigenvalue weighted by molar-refractivity contribution is -0.113. The van der Waals surface area contributed by atoms with E-state index in [2.05, 4.69) is 0 Å². The molecule has 0 aromatic carbocycles. The molecule has 0 spiro atoms. The lowest BCUT2D eigenvalue weighted by atomic mass is 10.1. The first kappa shape index (κ1) is 11.6. The molecule has 2 N–H and O–H groups in total. The maximum atomic E-state index is 11.1. The fraction of sp³-hybridized carbons (Fsp3) is 0.571.